The van der Waals surface area contributed by atoms with Crippen molar-refractivity contribution < 1.29 is 4.79 Å². The number of carbonyl (C=O) groups excluding carboxylic acids is 1. The molecule has 0 saturated heterocycles. The third-order valence-corrected chi connectivity index (χ3v) is 3.29. The summed E-state index contributed by atoms with van der Waals surface area (Å²) in [4.78, 5) is 16.0. The molecule has 0 radical (unpaired) electrons. The molecule has 0 atom stereocenters. The van der Waals surface area contributed by atoms with Crippen LogP contribution in [0, 0.1) is 0 Å². The van der Waals surface area contributed by atoms with Gasteiger partial charge in [0.05, 0.1) is 0 Å². The van der Waals surface area contributed by atoms with Gasteiger partial charge in [0.1, 0.15) is 0 Å². The van der Waals surface area contributed by atoms with Gasteiger partial charge in [0, 0.05) is 32.2 Å². The fourth-order valence-electron chi connectivity index (χ4n) is 2.03. The van der Waals surface area contributed by atoms with E-state index >= 15 is 0 Å². The minimum atomic E-state index is -0.0510. The minimum Gasteiger partial charge on any atom is -0.356 e. The van der Waals surface area contributed by atoms with Gasteiger partial charge in [-0.25, -0.2) is 0 Å². The van der Waals surface area contributed by atoms with Gasteiger partial charge in [-0.05, 0) is 18.6 Å². The van der Waals surface area contributed by atoms with E-state index in [1.54, 1.807) is 19.2 Å². The highest BCUT2D eigenvalue weighted by Gasteiger charge is 2.03. The summed E-state index contributed by atoms with van der Waals surface area (Å²) >= 11 is 0. The van der Waals surface area contributed by atoms with Crippen LogP contribution in [0.3, 0.4) is 0 Å². The molecule has 0 aliphatic rings. The van der Waals surface area contributed by atoms with Crippen molar-refractivity contribution >= 4 is 11.9 Å². The highest BCUT2D eigenvalue weighted by Crippen LogP contribution is 1.97. The van der Waals surface area contributed by atoms with Crippen molar-refractivity contribution in [1.29, 1.82) is 0 Å². The number of nitrogens with zero attached hydrogens (tertiary/aromatic N) is 1. The molecule has 0 aliphatic carbocycles. The highest BCUT2D eigenvalue weighted by molar-refractivity contribution is 5.94. The first-order valence-corrected chi connectivity index (χ1v) is 8.05. The lowest BCUT2D eigenvalue weighted by Gasteiger charge is -2.12. The predicted octanol–water partition coefficient (Wildman–Crippen LogP) is 2.16. The molecule has 22 heavy (non-hydrogen) atoms. The van der Waals surface area contributed by atoms with Crippen LogP contribution in [0.15, 0.2) is 35.3 Å². The average molecular weight is 304 g/mol. The van der Waals surface area contributed by atoms with Crippen LogP contribution < -0.4 is 16.0 Å². The third kappa shape index (κ3) is 7.67. The van der Waals surface area contributed by atoms with Crippen LogP contribution in [-0.4, -0.2) is 38.5 Å². The first-order chi connectivity index (χ1) is 10.8. The van der Waals surface area contributed by atoms with Crippen molar-refractivity contribution in [3.63, 3.8) is 0 Å². The lowest BCUT2D eigenvalue weighted by Crippen LogP contribution is -2.41. The second-order valence-electron chi connectivity index (χ2n) is 5.11. The predicted molar refractivity (Wildman–Crippen MR) is 92.3 cm³/mol. The van der Waals surface area contributed by atoms with E-state index in [4.69, 9.17) is 0 Å². The van der Waals surface area contributed by atoms with Crippen LogP contribution in [0.5, 0.6) is 0 Å². The monoisotopic (exact) mass is 304 g/mol. The zero-order valence-corrected chi connectivity index (χ0v) is 13.7. The molecule has 0 aromatic heterocycles. The molecular weight excluding hydrogens is 276 g/mol. The molecule has 0 heterocycles. The molecule has 0 spiro atoms. The van der Waals surface area contributed by atoms with Crippen LogP contribution in [0.2, 0.25) is 0 Å². The number of benzene rings is 1. The lowest BCUT2D eigenvalue weighted by molar-refractivity contribution is 0.0954. The van der Waals surface area contributed by atoms with Crippen molar-refractivity contribution in [3.05, 3.63) is 35.9 Å². The van der Waals surface area contributed by atoms with Crippen LogP contribution >= 0.6 is 0 Å². The van der Waals surface area contributed by atoms with Gasteiger partial charge in [-0.3, -0.25) is 9.79 Å². The van der Waals surface area contributed by atoms with Crippen molar-refractivity contribution in [2.45, 2.75) is 32.6 Å². The average Bonchev–Trinajstić information content (AvgIpc) is 2.57. The number of hydrogen-bond donors (Lipinski definition) is 3. The molecule has 1 rings (SSSR count). The van der Waals surface area contributed by atoms with E-state index in [1.165, 1.54) is 19.3 Å². The van der Waals surface area contributed by atoms with E-state index < -0.39 is 0 Å². The second-order valence-corrected chi connectivity index (χ2v) is 5.11. The summed E-state index contributed by atoms with van der Waals surface area (Å²) in [6.45, 7) is 4.34. The second kappa shape index (κ2) is 11.6. The molecule has 0 unspecified atom stereocenters. The Bertz CT molecular complexity index is 445. The smallest absolute Gasteiger partial charge is 0.251 e. The van der Waals surface area contributed by atoms with Gasteiger partial charge in [-0.2, -0.15) is 0 Å². The van der Waals surface area contributed by atoms with E-state index in [9.17, 15) is 4.79 Å². The number of guanidine groups is 1. The molecule has 1 aromatic rings. The van der Waals surface area contributed by atoms with E-state index in [0.29, 0.717) is 18.7 Å². The van der Waals surface area contributed by atoms with Crippen LogP contribution in [0.1, 0.15) is 43.0 Å². The lowest BCUT2D eigenvalue weighted by atomic mass is 10.2. The molecule has 5 heteroatoms. The van der Waals surface area contributed by atoms with Crippen LogP contribution in [0.4, 0.5) is 0 Å². The van der Waals surface area contributed by atoms with Gasteiger partial charge in [0.2, 0.25) is 0 Å². The van der Waals surface area contributed by atoms with Gasteiger partial charge < -0.3 is 16.0 Å². The van der Waals surface area contributed by atoms with E-state index in [1.807, 2.05) is 18.2 Å². The topological polar surface area (TPSA) is 65.5 Å². The Labute approximate surface area is 133 Å². The van der Waals surface area contributed by atoms with E-state index in [-0.39, 0.29) is 5.91 Å². The highest BCUT2D eigenvalue weighted by atomic mass is 16.1. The Hall–Kier alpha value is -2.04. The summed E-state index contributed by atoms with van der Waals surface area (Å²) in [5.74, 6) is 0.732. The number of unbranched alkanes of at least 4 members (excludes halogenated alkanes) is 3. The van der Waals surface area contributed by atoms with E-state index in [0.717, 1.165) is 18.9 Å². The quantitative estimate of drug-likeness (QED) is 0.372. The maximum atomic E-state index is 11.8. The maximum Gasteiger partial charge on any atom is 0.251 e. The minimum absolute atomic E-state index is 0.0510. The zero-order valence-electron chi connectivity index (χ0n) is 13.7. The molecular formula is C17H28N4O. The third-order valence-electron chi connectivity index (χ3n) is 3.29. The number of aliphatic imine (C=N–C) groups is 1. The summed E-state index contributed by atoms with van der Waals surface area (Å²) in [5.41, 5.74) is 0.681. The Morgan fingerprint density at radius 2 is 1.64 bits per heavy atom. The van der Waals surface area contributed by atoms with Crippen LogP contribution in [0.25, 0.3) is 0 Å². The Morgan fingerprint density at radius 1 is 0.955 bits per heavy atom. The molecule has 1 amide bonds. The molecule has 5 nitrogen and oxygen atoms in total. The van der Waals surface area contributed by atoms with Gasteiger partial charge >= 0.3 is 0 Å². The molecule has 3 N–H and O–H groups in total. The Kier molecular flexibility index (Phi) is 9.50. The first kappa shape index (κ1) is 18.0. The number of nitrogens with one attached hydrogen (secondary N) is 3. The van der Waals surface area contributed by atoms with Gasteiger partial charge in [-0.1, -0.05) is 44.4 Å². The summed E-state index contributed by atoms with van der Waals surface area (Å²) in [5, 5.41) is 9.34. The Balaban J connectivity index is 2.13. The normalized spacial score (nSPS) is 11.1. The molecule has 1 aromatic carbocycles. The van der Waals surface area contributed by atoms with Crippen molar-refractivity contribution in [3.8, 4) is 0 Å². The SMILES string of the molecule is CCCCCCNC(=NC)NCCNC(=O)c1ccccc1. The summed E-state index contributed by atoms with van der Waals surface area (Å²) in [7, 11) is 1.75. The van der Waals surface area contributed by atoms with Crippen molar-refractivity contribution in [2.75, 3.05) is 26.7 Å². The van der Waals surface area contributed by atoms with Crippen molar-refractivity contribution in [1.82, 2.24) is 16.0 Å². The van der Waals surface area contributed by atoms with Gasteiger partial charge in [0.15, 0.2) is 5.96 Å². The molecule has 0 bridgehead atoms. The molecule has 122 valence electrons. The standard InChI is InChI=1S/C17H28N4O/c1-3-4-5-9-12-20-17(18-2)21-14-13-19-16(22)15-10-7-6-8-11-15/h6-8,10-11H,3-5,9,12-14H2,1-2H3,(H,19,22)(H2,18,20,21). The molecule has 0 aliphatic heterocycles. The number of hydrogen-bond acceptors (Lipinski definition) is 2. The number of amides is 1. The molecule has 0 fully saturated rings. The number of rotatable bonds is 9. The summed E-state index contributed by atoms with van der Waals surface area (Å²) in [6, 6.07) is 9.22. The maximum absolute atomic E-state index is 11.8. The van der Waals surface area contributed by atoms with Gasteiger partial charge in [0.25, 0.3) is 5.91 Å². The van der Waals surface area contributed by atoms with Gasteiger partial charge in [-0.15, -0.1) is 0 Å². The largest absolute Gasteiger partial charge is 0.356 e. The zero-order chi connectivity index (χ0) is 16.0. The van der Waals surface area contributed by atoms with Crippen LogP contribution in [-0.2, 0) is 0 Å². The summed E-state index contributed by atoms with van der Waals surface area (Å²) < 4.78 is 0. The summed E-state index contributed by atoms with van der Waals surface area (Å²) in [6.07, 6.45) is 4.92. The molecule has 0 saturated carbocycles. The number of carbonyl (C=O) groups is 1. The van der Waals surface area contributed by atoms with E-state index in [2.05, 4.69) is 27.9 Å². The Morgan fingerprint density at radius 3 is 2.32 bits per heavy atom. The van der Waals surface area contributed by atoms with Crippen molar-refractivity contribution in [2.24, 2.45) is 4.99 Å². The first-order valence-electron chi connectivity index (χ1n) is 8.05. The fourth-order valence-corrected chi connectivity index (χ4v) is 2.03. The fraction of sp³-hybridized carbons (Fsp3) is 0.529.